The van der Waals surface area contributed by atoms with Crippen molar-refractivity contribution in [3.63, 3.8) is 0 Å². The highest BCUT2D eigenvalue weighted by atomic mass is 32.2. The first kappa shape index (κ1) is 11.9. The molecule has 1 saturated heterocycles. The summed E-state index contributed by atoms with van der Waals surface area (Å²) in [6.45, 7) is 0.905. The summed E-state index contributed by atoms with van der Waals surface area (Å²) in [5, 5.41) is 0.953. The van der Waals surface area contributed by atoms with Gasteiger partial charge in [0.2, 0.25) is 0 Å². The summed E-state index contributed by atoms with van der Waals surface area (Å²) < 4.78 is 10.8. The van der Waals surface area contributed by atoms with Gasteiger partial charge in [-0.1, -0.05) is 11.8 Å². The predicted molar refractivity (Wildman–Crippen MR) is 72.3 cm³/mol. The molecule has 0 amide bonds. The van der Waals surface area contributed by atoms with Crippen LogP contribution in [-0.4, -0.2) is 35.5 Å². The van der Waals surface area contributed by atoms with Gasteiger partial charge < -0.3 is 14.5 Å². The monoisotopic (exact) mass is 264 g/mol. The molecule has 96 valence electrons. The molecule has 1 aliphatic rings. The van der Waals surface area contributed by atoms with Crippen molar-refractivity contribution in [3.05, 3.63) is 18.2 Å². The van der Waals surface area contributed by atoms with Gasteiger partial charge in [-0.3, -0.25) is 0 Å². The number of nitrogens with one attached hydrogen (secondary N) is 1. The topological polar surface area (TPSA) is 47.1 Å². The van der Waals surface area contributed by atoms with Crippen LogP contribution >= 0.6 is 11.8 Å². The summed E-state index contributed by atoms with van der Waals surface area (Å²) in [6.07, 6.45) is 2.74. The van der Waals surface area contributed by atoms with E-state index >= 15 is 0 Å². The van der Waals surface area contributed by atoms with Gasteiger partial charge in [0.25, 0.3) is 0 Å². The van der Waals surface area contributed by atoms with E-state index in [9.17, 15) is 0 Å². The third-order valence-corrected chi connectivity index (χ3v) is 4.10. The molecule has 0 unspecified atom stereocenters. The number of H-pyrrole nitrogens is 1. The molecule has 4 nitrogen and oxygen atoms in total. The Morgan fingerprint density at radius 2 is 2.50 bits per heavy atom. The lowest BCUT2D eigenvalue weighted by atomic mass is 10.3. The molecule has 2 heterocycles. The molecule has 1 aliphatic heterocycles. The van der Waals surface area contributed by atoms with Crippen molar-refractivity contribution < 1.29 is 9.47 Å². The van der Waals surface area contributed by atoms with Crippen LogP contribution < -0.4 is 4.74 Å². The lowest BCUT2D eigenvalue weighted by molar-refractivity contribution is 0.129. The van der Waals surface area contributed by atoms with Gasteiger partial charge in [-0.2, -0.15) is 0 Å². The first-order valence-electron chi connectivity index (χ1n) is 6.13. The molecule has 0 spiro atoms. The molecule has 0 radical (unpaired) electrons. The van der Waals surface area contributed by atoms with Gasteiger partial charge in [-0.15, -0.1) is 0 Å². The second kappa shape index (κ2) is 5.20. The van der Waals surface area contributed by atoms with Crippen LogP contribution in [0.5, 0.6) is 5.75 Å². The highest BCUT2D eigenvalue weighted by molar-refractivity contribution is 7.99. The van der Waals surface area contributed by atoms with E-state index in [1.807, 2.05) is 18.2 Å². The predicted octanol–water partition coefficient (Wildman–Crippen LogP) is 2.84. The second-order valence-electron chi connectivity index (χ2n) is 4.37. The molecular formula is C13H16N2O2S. The van der Waals surface area contributed by atoms with E-state index in [0.717, 1.165) is 34.3 Å². The molecule has 1 N–H and O–H groups in total. The molecule has 0 aliphatic carbocycles. The van der Waals surface area contributed by atoms with Crippen LogP contribution in [0.15, 0.2) is 23.4 Å². The number of methoxy groups -OCH3 is 1. The summed E-state index contributed by atoms with van der Waals surface area (Å²) in [7, 11) is 1.67. The zero-order valence-corrected chi connectivity index (χ0v) is 11.1. The fraction of sp³-hybridized carbons (Fsp3) is 0.462. The van der Waals surface area contributed by atoms with Crippen molar-refractivity contribution in [2.24, 2.45) is 0 Å². The normalized spacial score (nSPS) is 19.5. The molecule has 1 aromatic carbocycles. The number of aromatic nitrogens is 2. The smallest absolute Gasteiger partial charge is 0.166 e. The van der Waals surface area contributed by atoms with Crippen molar-refractivity contribution in [2.75, 3.05) is 19.5 Å². The Balaban J connectivity index is 1.72. The van der Waals surface area contributed by atoms with E-state index < -0.39 is 0 Å². The molecule has 1 atom stereocenters. The van der Waals surface area contributed by atoms with Gasteiger partial charge in [-0.25, -0.2) is 4.98 Å². The van der Waals surface area contributed by atoms with Gasteiger partial charge in [0, 0.05) is 18.4 Å². The summed E-state index contributed by atoms with van der Waals surface area (Å²) in [5.41, 5.74) is 2.00. The Kier molecular flexibility index (Phi) is 3.43. The molecule has 1 aromatic heterocycles. The van der Waals surface area contributed by atoms with Crippen LogP contribution in [0.4, 0.5) is 0 Å². The minimum atomic E-state index is 0.387. The Morgan fingerprint density at radius 1 is 1.56 bits per heavy atom. The fourth-order valence-corrected chi connectivity index (χ4v) is 3.06. The third-order valence-electron chi connectivity index (χ3n) is 3.10. The molecule has 1 fully saturated rings. The lowest BCUT2D eigenvalue weighted by Crippen LogP contribution is -2.07. The van der Waals surface area contributed by atoms with Crippen LogP contribution in [0.3, 0.4) is 0 Å². The fourth-order valence-electron chi connectivity index (χ4n) is 2.11. The standard InChI is InChI=1S/C13H16N2O2S/c1-16-9-4-5-11-12(7-9)15-13(14-11)18-8-10-3-2-6-17-10/h4-5,7,10H,2-3,6,8H2,1H3,(H,14,15)/t10-/m0/s1. The van der Waals surface area contributed by atoms with Crippen molar-refractivity contribution >= 4 is 22.8 Å². The number of hydrogen-bond acceptors (Lipinski definition) is 4. The largest absolute Gasteiger partial charge is 0.497 e. The SMILES string of the molecule is COc1ccc2nc(SC[C@@H]3CCCO3)[nH]c2c1. The maximum atomic E-state index is 5.60. The van der Waals surface area contributed by atoms with Crippen LogP contribution in [-0.2, 0) is 4.74 Å². The number of nitrogens with zero attached hydrogens (tertiary/aromatic N) is 1. The summed E-state index contributed by atoms with van der Waals surface area (Å²) in [6, 6.07) is 5.87. The first-order valence-corrected chi connectivity index (χ1v) is 7.12. The minimum Gasteiger partial charge on any atom is -0.497 e. The molecule has 0 saturated carbocycles. The zero-order chi connectivity index (χ0) is 12.4. The number of rotatable bonds is 4. The van der Waals surface area contributed by atoms with E-state index in [-0.39, 0.29) is 0 Å². The lowest BCUT2D eigenvalue weighted by Gasteiger charge is -2.06. The van der Waals surface area contributed by atoms with E-state index in [1.54, 1.807) is 18.9 Å². The van der Waals surface area contributed by atoms with Crippen LogP contribution in [0, 0.1) is 0 Å². The highest BCUT2D eigenvalue weighted by Gasteiger charge is 2.16. The molecule has 2 aromatic rings. The second-order valence-corrected chi connectivity index (χ2v) is 5.38. The van der Waals surface area contributed by atoms with Gasteiger partial charge in [0.15, 0.2) is 5.16 Å². The van der Waals surface area contributed by atoms with Gasteiger partial charge in [-0.05, 0) is 25.0 Å². The average Bonchev–Trinajstić information content (AvgIpc) is 3.04. The quantitative estimate of drug-likeness (QED) is 0.863. The number of thioether (sulfide) groups is 1. The maximum Gasteiger partial charge on any atom is 0.166 e. The molecule has 0 bridgehead atoms. The summed E-state index contributed by atoms with van der Waals surface area (Å²) in [4.78, 5) is 7.86. The van der Waals surface area contributed by atoms with Crippen LogP contribution in [0.2, 0.25) is 0 Å². The van der Waals surface area contributed by atoms with Crippen LogP contribution in [0.1, 0.15) is 12.8 Å². The minimum absolute atomic E-state index is 0.387. The molecule has 18 heavy (non-hydrogen) atoms. The third kappa shape index (κ3) is 2.47. The molecule has 5 heteroatoms. The molecular weight excluding hydrogens is 248 g/mol. The van der Waals surface area contributed by atoms with Crippen LogP contribution in [0.25, 0.3) is 11.0 Å². The van der Waals surface area contributed by atoms with Gasteiger partial charge in [0.05, 0.1) is 24.2 Å². The zero-order valence-electron chi connectivity index (χ0n) is 10.3. The first-order chi connectivity index (χ1) is 8.85. The Labute approximate surface area is 110 Å². The molecule has 3 rings (SSSR count). The summed E-state index contributed by atoms with van der Waals surface area (Å²) in [5.74, 6) is 1.82. The maximum absolute atomic E-state index is 5.60. The number of hydrogen-bond donors (Lipinski definition) is 1. The van der Waals surface area contributed by atoms with Crippen molar-refractivity contribution in [3.8, 4) is 5.75 Å². The Bertz CT molecular complexity index is 535. The van der Waals surface area contributed by atoms with E-state index in [4.69, 9.17) is 9.47 Å². The van der Waals surface area contributed by atoms with E-state index in [1.165, 1.54) is 12.8 Å². The number of aromatic amines is 1. The van der Waals surface area contributed by atoms with Crippen molar-refractivity contribution in [1.29, 1.82) is 0 Å². The van der Waals surface area contributed by atoms with Crippen molar-refractivity contribution in [1.82, 2.24) is 9.97 Å². The van der Waals surface area contributed by atoms with E-state index in [0.29, 0.717) is 6.10 Å². The number of fused-ring (bicyclic) bond motifs is 1. The number of benzene rings is 1. The van der Waals surface area contributed by atoms with Gasteiger partial charge in [0.1, 0.15) is 5.75 Å². The van der Waals surface area contributed by atoms with Gasteiger partial charge >= 0.3 is 0 Å². The number of imidazole rings is 1. The Morgan fingerprint density at radius 3 is 3.28 bits per heavy atom. The average molecular weight is 264 g/mol. The van der Waals surface area contributed by atoms with E-state index in [2.05, 4.69) is 9.97 Å². The van der Waals surface area contributed by atoms with Crippen molar-refractivity contribution in [2.45, 2.75) is 24.1 Å². The summed E-state index contributed by atoms with van der Waals surface area (Å²) >= 11 is 1.72. The Hall–Kier alpha value is -1.20. The highest BCUT2D eigenvalue weighted by Crippen LogP contribution is 2.25. The number of ether oxygens (including phenoxy) is 2.